The summed E-state index contributed by atoms with van der Waals surface area (Å²) in [7, 11) is 2.39. The van der Waals surface area contributed by atoms with E-state index in [0.29, 0.717) is 24.3 Å². The lowest BCUT2D eigenvalue weighted by Gasteiger charge is -2.51. The first-order valence-electron chi connectivity index (χ1n) is 8.11. The Bertz CT molecular complexity index is 487. The number of quaternary nitrogens is 1. The van der Waals surface area contributed by atoms with E-state index in [9.17, 15) is 4.79 Å². The second-order valence-electron chi connectivity index (χ2n) is 6.71. The maximum Gasteiger partial charge on any atom is 0.356 e. The Morgan fingerprint density at radius 3 is 2.95 bits per heavy atom. The normalized spacial score (nSPS) is 32.2. The van der Waals surface area contributed by atoms with Crippen LogP contribution in [0.25, 0.3) is 0 Å². The molecule has 0 spiro atoms. The lowest BCUT2D eigenvalue weighted by atomic mass is 9.82. The largest absolute Gasteiger partial charge is 0.460 e. The number of esters is 1. The van der Waals surface area contributed by atoms with Gasteiger partial charge in [-0.25, -0.2) is 9.78 Å². The summed E-state index contributed by atoms with van der Waals surface area (Å²) in [6.07, 6.45) is 8.01. The van der Waals surface area contributed by atoms with Crippen molar-refractivity contribution in [2.24, 2.45) is 5.92 Å². The van der Waals surface area contributed by atoms with Gasteiger partial charge in [0.15, 0.2) is 0 Å². The van der Waals surface area contributed by atoms with Crippen molar-refractivity contribution in [2.45, 2.75) is 38.1 Å². The topological polar surface area (TPSA) is 39.2 Å². The molecule has 1 unspecified atom stereocenters. The number of fused-ring (bicyclic) bond motifs is 1. The van der Waals surface area contributed by atoms with E-state index in [2.05, 4.69) is 12.0 Å². The molecule has 1 aromatic rings. The van der Waals surface area contributed by atoms with Crippen LogP contribution in [0.3, 0.4) is 0 Å². The molecule has 0 aliphatic carbocycles. The molecular weight excluding hydrogens is 264 g/mol. The molecular formula is C17H25N2O2+. The first kappa shape index (κ1) is 14.5. The van der Waals surface area contributed by atoms with Gasteiger partial charge >= 0.3 is 5.97 Å². The quantitative estimate of drug-likeness (QED) is 0.634. The van der Waals surface area contributed by atoms with Gasteiger partial charge in [-0.1, -0.05) is 6.07 Å². The van der Waals surface area contributed by atoms with E-state index >= 15 is 0 Å². The summed E-state index contributed by atoms with van der Waals surface area (Å²) in [6.45, 7) is 3.12. The molecule has 2 aliphatic rings. The molecule has 114 valence electrons. The monoisotopic (exact) mass is 289 g/mol. The number of piperidine rings is 2. The molecule has 3 heterocycles. The fourth-order valence-electron chi connectivity index (χ4n) is 4.17. The number of pyridine rings is 1. The van der Waals surface area contributed by atoms with Crippen LogP contribution in [0, 0.1) is 5.92 Å². The van der Waals surface area contributed by atoms with Crippen LogP contribution < -0.4 is 0 Å². The van der Waals surface area contributed by atoms with E-state index in [1.54, 1.807) is 12.3 Å². The van der Waals surface area contributed by atoms with Gasteiger partial charge in [0.25, 0.3) is 0 Å². The molecule has 2 saturated heterocycles. The van der Waals surface area contributed by atoms with Crippen molar-refractivity contribution in [2.75, 3.05) is 26.7 Å². The fourth-order valence-corrected chi connectivity index (χ4v) is 4.17. The van der Waals surface area contributed by atoms with E-state index in [4.69, 9.17) is 4.74 Å². The maximum absolute atomic E-state index is 12.0. The van der Waals surface area contributed by atoms with E-state index in [1.165, 1.54) is 49.7 Å². The molecule has 2 aliphatic heterocycles. The number of hydrogen-bond donors (Lipinski definition) is 0. The molecule has 3 rings (SSSR count). The zero-order chi connectivity index (χ0) is 14.7. The highest BCUT2D eigenvalue weighted by atomic mass is 16.5. The molecule has 0 bridgehead atoms. The minimum Gasteiger partial charge on any atom is -0.460 e. The Hall–Kier alpha value is -1.42. The van der Waals surface area contributed by atoms with Crippen molar-refractivity contribution in [3.05, 3.63) is 30.1 Å². The van der Waals surface area contributed by atoms with Crippen molar-refractivity contribution in [1.82, 2.24) is 4.98 Å². The number of aromatic nitrogens is 1. The second kappa shape index (κ2) is 6.14. The molecule has 21 heavy (non-hydrogen) atoms. The Morgan fingerprint density at radius 2 is 2.14 bits per heavy atom. The van der Waals surface area contributed by atoms with Crippen molar-refractivity contribution in [3.63, 3.8) is 0 Å². The summed E-state index contributed by atoms with van der Waals surface area (Å²) in [5, 5.41) is 0. The van der Waals surface area contributed by atoms with Crippen LogP contribution >= 0.6 is 0 Å². The van der Waals surface area contributed by atoms with E-state index in [0.717, 1.165) is 0 Å². The standard InChI is InChI=1S/C17H25N2O2/c1-19-11-5-3-9-16(19)14(7-6-12-19)13-21-17(20)15-8-2-4-10-18-15/h2,4,8,10,14,16H,3,5-7,9,11-13H2,1H3/q+1/t14-,16+,19?/m0/s1. The number of carbonyl (C=O) groups excluding carboxylic acids is 1. The summed E-state index contributed by atoms with van der Waals surface area (Å²) in [4.78, 5) is 16.1. The molecule has 1 aromatic heterocycles. The van der Waals surface area contributed by atoms with Crippen LogP contribution in [-0.4, -0.2) is 48.2 Å². The predicted octanol–water partition coefficient (Wildman–Crippen LogP) is 2.65. The highest BCUT2D eigenvalue weighted by Crippen LogP contribution is 2.36. The lowest BCUT2D eigenvalue weighted by Crippen LogP contribution is -2.61. The highest BCUT2D eigenvalue weighted by molar-refractivity contribution is 5.87. The van der Waals surface area contributed by atoms with E-state index in [1.807, 2.05) is 12.1 Å². The number of hydrogen-bond acceptors (Lipinski definition) is 3. The highest BCUT2D eigenvalue weighted by Gasteiger charge is 2.43. The molecule has 4 heteroatoms. The molecule has 0 N–H and O–H groups in total. The molecule has 4 nitrogen and oxygen atoms in total. The first-order chi connectivity index (χ1) is 10.2. The molecule has 0 aromatic carbocycles. The van der Waals surface area contributed by atoms with Crippen LogP contribution in [0.2, 0.25) is 0 Å². The summed E-state index contributed by atoms with van der Waals surface area (Å²) < 4.78 is 6.74. The van der Waals surface area contributed by atoms with Gasteiger partial charge in [-0.2, -0.15) is 0 Å². The van der Waals surface area contributed by atoms with Crippen molar-refractivity contribution in [1.29, 1.82) is 0 Å². The van der Waals surface area contributed by atoms with Crippen LogP contribution in [0.15, 0.2) is 24.4 Å². The van der Waals surface area contributed by atoms with E-state index in [-0.39, 0.29) is 5.97 Å². The van der Waals surface area contributed by atoms with E-state index < -0.39 is 0 Å². The van der Waals surface area contributed by atoms with Gasteiger partial charge in [-0.3, -0.25) is 0 Å². The Labute approximate surface area is 126 Å². The van der Waals surface area contributed by atoms with Crippen molar-refractivity contribution < 1.29 is 14.0 Å². The van der Waals surface area contributed by atoms with Gasteiger partial charge in [0.1, 0.15) is 12.3 Å². The SMILES string of the molecule is C[N+]12CCCC[C@@H]1[C@H](COC(=O)c1ccccn1)CCC2. The van der Waals surface area contributed by atoms with Crippen LogP contribution in [-0.2, 0) is 4.74 Å². The summed E-state index contributed by atoms with van der Waals surface area (Å²) in [5.74, 6) is 0.225. The second-order valence-corrected chi connectivity index (χ2v) is 6.71. The summed E-state index contributed by atoms with van der Waals surface area (Å²) >= 11 is 0. The van der Waals surface area contributed by atoms with Gasteiger partial charge in [-0.15, -0.1) is 0 Å². The lowest BCUT2D eigenvalue weighted by molar-refractivity contribution is -0.947. The predicted molar refractivity (Wildman–Crippen MR) is 80.8 cm³/mol. The fraction of sp³-hybridized carbons (Fsp3) is 0.647. The molecule has 0 radical (unpaired) electrons. The third-order valence-corrected chi connectivity index (χ3v) is 5.31. The number of carbonyl (C=O) groups is 1. The number of rotatable bonds is 3. The number of ether oxygens (including phenoxy) is 1. The van der Waals surface area contributed by atoms with Crippen molar-refractivity contribution in [3.8, 4) is 0 Å². The Balaban J connectivity index is 1.61. The first-order valence-corrected chi connectivity index (χ1v) is 8.11. The molecule has 3 atom stereocenters. The third kappa shape index (κ3) is 3.10. The Morgan fingerprint density at radius 1 is 1.29 bits per heavy atom. The van der Waals surface area contributed by atoms with Crippen LogP contribution in [0.1, 0.15) is 42.6 Å². The third-order valence-electron chi connectivity index (χ3n) is 5.31. The van der Waals surface area contributed by atoms with Gasteiger partial charge in [0, 0.05) is 18.5 Å². The molecule has 0 saturated carbocycles. The number of nitrogens with zero attached hydrogens (tertiary/aromatic N) is 2. The zero-order valence-electron chi connectivity index (χ0n) is 12.8. The average molecular weight is 289 g/mol. The minimum atomic E-state index is -0.286. The maximum atomic E-state index is 12.0. The average Bonchev–Trinajstić information content (AvgIpc) is 2.52. The summed E-state index contributed by atoms with van der Waals surface area (Å²) in [6, 6.07) is 6.01. The molecule has 0 amide bonds. The summed E-state index contributed by atoms with van der Waals surface area (Å²) in [5.41, 5.74) is 0.411. The van der Waals surface area contributed by atoms with Gasteiger partial charge < -0.3 is 9.22 Å². The molecule has 2 fully saturated rings. The smallest absolute Gasteiger partial charge is 0.356 e. The van der Waals surface area contributed by atoms with Crippen LogP contribution in [0.4, 0.5) is 0 Å². The van der Waals surface area contributed by atoms with Crippen molar-refractivity contribution >= 4 is 5.97 Å². The van der Waals surface area contributed by atoms with Gasteiger partial charge in [-0.05, 0) is 37.8 Å². The zero-order valence-corrected chi connectivity index (χ0v) is 12.8. The van der Waals surface area contributed by atoms with Crippen LogP contribution in [0.5, 0.6) is 0 Å². The van der Waals surface area contributed by atoms with Gasteiger partial charge in [0.05, 0.1) is 26.2 Å². The minimum absolute atomic E-state index is 0.286. The Kier molecular flexibility index (Phi) is 4.24. The van der Waals surface area contributed by atoms with Gasteiger partial charge in [0.2, 0.25) is 0 Å².